The molecule has 0 heterocycles. The lowest BCUT2D eigenvalue weighted by atomic mass is 9.97. The molecule has 0 bridgehead atoms. The van der Waals surface area contributed by atoms with Crippen molar-refractivity contribution in [2.75, 3.05) is 11.1 Å². The molecule has 0 saturated heterocycles. The summed E-state index contributed by atoms with van der Waals surface area (Å²) in [6.45, 7) is 7.48. The standard InChI is InChI=1S/C24H35N3O5S/c1-5-16(4)22(23(30)26-19(24(31)32)14-15(2)3)27-20(28)11-8-17-6-9-18(10-7-17)25-21(29)12-13-33/h6-11,15-16,19,22,33H,5,12-14H2,1-4H3,(H,25,29)(H,26,30)(H,27,28)(H,31,32)/b11-8+/t16?,19-,22-/m0/s1. The molecule has 182 valence electrons. The van der Waals surface area contributed by atoms with Crippen molar-refractivity contribution in [2.45, 2.75) is 59.0 Å². The van der Waals surface area contributed by atoms with Crippen LogP contribution in [-0.4, -0.2) is 46.6 Å². The molecule has 9 heteroatoms. The summed E-state index contributed by atoms with van der Waals surface area (Å²) in [4.78, 5) is 48.3. The Bertz CT molecular complexity index is 839. The number of aliphatic carboxylic acids is 1. The Balaban J connectivity index is 2.80. The average Bonchev–Trinajstić information content (AvgIpc) is 2.75. The molecule has 1 rings (SSSR count). The van der Waals surface area contributed by atoms with Crippen molar-refractivity contribution in [1.29, 1.82) is 0 Å². The molecule has 0 spiro atoms. The van der Waals surface area contributed by atoms with Crippen LogP contribution in [0.15, 0.2) is 30.3 Å². The van der Waals surface area contributed by atoms with Crippen LogP contribution in [0.2, 0.25) is 0 Å². The summed E-state index contributed by atoms with van der Waals surface area (Å²) in [5.74, 6) is -1.83. The Kier molecular flexibility index (Phi) is 12.3. The molecule has 8 nitrogen and oxygen atoms in total. The molecule has 4 N–H and O–H groups in total. The molecular weight excluding hydrogens is 442 g/mol. The van der Waals surface area contributed by atoms with E-state index in [1.54, 1.807) is 30.3 Å². The summed E-state index contributed by atoms with van der Waals surface area (Å²) in [6, 6.07) is 5.09. The Morgan fingerprint density at radius 2 is 1.70 bits per heavy atom. The molecule has 33 heavy (non-hydrogen) atoms. The van der Waals surface area contributed by atoms with Gasteiger partial charge in [0.2, 0.25) is 17.7 Å². The summed E-state index contributed by atoms with van der Waals surface area (Å²) in [6.07, 6.45) is 4.16. The van der Waals surface area contributed by atoms with Crippen LogP contribution in [0.3, 0.4) is 0 Å². The van der Waals surface area contributed by atoms with Crippen LogP contribution >= 0.6 is 12.6 Å². The molecule has 3 atom stereocenters. The van der Waals surface area contributed by atoms with Crippen LogP contribution in [0.4, 0.5) is 5.69 Å². The smallest absolute Gasteiger partial charge is 0.326 e. The number of rotatable bonds is 13. The first-order valence-corrected chi connectivity index (χ1v) is 11.7. The largest absolute Gasteiger partial charge is 0.480 e. The number of carbonyl (C=O) groups is 4. The zero-order chi connectivity index (χ0) is 25.0. The number of benzene rings is 1. The molecule has 0 aliphatic rings. The molecule has 1 aromatic rings. The second kappa shape index (κ2) is 14.4. The van der Waals surface area contributed by atoms with Crippen molar-refractivity contribution < 1.29 is 24.3 Å². The van der Waals surface area contributed by atoms with Gasteiger partial charge in [-0.25, -0.2) is 4.79 Å². The molecule has 0 fully saturated rings. The number of carbonyl (C=O) groups excluding carboxylic acids is 3. The Hall–Kier alpha value is -2.81. The lowest BCUT2D eigenvalue weighted by Crippen LogP contribution is -2.54. The third kappa shape index (κ3) is 10.6. The van der Waals surface area contributed by atoms with Gasteiger partial charge in [0.15, 0.2) is 0 Å². The second-order valence-electron chi connectivity index (χ2n) is 8.38. The van der Waals surface area contributed by atoms with E-state index in [2.05, 4.69) is 28.6 Å². The minimum atomic E-state index is -1.10. The zero-order valence-corrected chi connectivity index (χ0v) is 20.5. The number of anilines is 1. The van der Waals surface area contributed by atoms with E-state index in [-0.39, 0.29) is 17.7 Å². The summed E-state index contributed by atoms with van der Waals surface area (Å²) in [7, 11) is 0. The van der Waals surface area contributed by atoms with E-state index in [0.717, 1.165) is 5.56 Å². The van der Waals surface area contributed by atoms with E-state index < -0.39 is 29.9 Å². The Labute approximate surface area is 201 Å². The van der Waals surface area contributed by atoms with Gasteiger partial charge in [0.1, 0.15) is 12.1 Å². The summed E-state index contributed by atoms with van der Waals surface area (Å²) in [5, 5.41) is 17.4. The highest BCUT2D eigenvalue weighted by Crippen LogP contribution is 2.13. The highest BCUT2D eigenvalue weighted by atomic mass is 32.1. The van der Waals surface area contributed by atoms with Crippen LogP contribution in [-0.2, 0) is 19.2 Å². The molecular formula is C24H35N3O5S. The van der Waals surface area contributed by atoms with Gasteiger partial charge in [-0.2, -0.15) is 12.6 Å². The van der Waals surface area contributed by atoms with Crippen molar-refractivity contribution in [2.24, 2.45) is 11.8 Å². The maximum absolute atomic E-state index is 12.8. The van der Waals surface area contributed by atoms with Crippen LogP contribution in [0.25, 0.3) is 6.08 Å². The lowest BCUT2D eigenvalue weighted by Gasteiger charge is -2.25. The van der Waals surface area contributed by atoms with Crippen LogP contribution in [0, 0.1) is 11.8 Å². The minimum absolute atomic E-state index is 0.0914. The normalized spacial score (nSPS) is 13.9. The van der Waals surface area contributed by atoms with Gasteiger partial charge in [0.25, 0.3) is 0 Å². The Morgan fingerprint density at radius 3 is 2.21 bits per heavy atom. The highest BCUT2D eigenvalue weighted by molar-refractivity contribution is 7.80. The first kappa shape index (κ1) is 28.2. The number of carboxylic acids is 1. The summed E-state index contributed by atoms with van der Waals surface area (Å²) >= 11 is 4.02. The fourth-order valence-electron chi connectivity index (χ4n) is 3.03. The van der Waals surface area contributed by atoms with Gasteiger partial charge in [-0.3, -0.25) is 14.4 Å². The number of nitrogens with one attached hydrogen (secondary N) is 3. The van der Waals surface area contributed by atoms with E-state index in [0.29, 0.717) is 30.7 Å². The van der Waals surface area contributed by atoms with Crippen LogP contribution < -0.4 is 16.0 Å². The van der Waals surface area contributed by atoms with Gasteiger partial charge in [-0.1, -0.05) is 46.2 Å². The van der Waals surface area contributed by atoms with Crippen molar-refractivity contribution in [3.8, 4) is 0 Å². The summed E-state index contributed by atoms with van der Waals surface area (Å²) < 4.78 is 0. The molecule has 0 aliphatic carbocycles. The van der Waals surface area contributed by atoms with Gasteiger partial charge in [-0.15, -0.1) is 0 Å². The maximum atomic E-state index is 12.8. The second-order valence-corrected chi connectivity index (χ2v) is 8.83. The fraction of sp³-hybridized carbons (Fsp3) is 0.500. The predicted octanol–water partition coefficient (Wildman–Crippen LogP) is 3.10. The third-order valence-corrected chi connectivity index (χ3v) is 5.30. The molecule has 1 aromatic carbocycles. The first-order chi connectivity index (χ1) is 15.6. The average molecular weight is 478 g/mol. The van der Waals surface area contributed by atoms with Crippen molar-refractivity contribution in [3.63, 3.8) is 0 Å². The van der Waals surface area contributed by atoms with E-state index >= 15 is 0 Å². The van der Waals surface area contributed by atoms with Crippen molar-refractivity contribution in [3.05, 3.63) is 35.9 Å². The number of amides is 3. The van der Waals surface area contributed by atoms with Gasteiger partial charge in [0, 0.05) is 18.2 Å². The zero-order valence-electron chi connectivity index (χ0n) is 19.6. The van der Waals surface area contributed by atoms with E-state index in [9.17, 15) is 24.3 Å². The van der Waals surface area contributed by atoms with Gasteiger partial charge < -0.3 is 21.1 Å². The van der Waals surface area contributed by atoms with E-state index in [1.165, 1.54) is 6.08 Å². The number of thiol groups is 1. The molecule has 0 saturated carbocycles. The Morgan fingerprint density at radius 1 is 1.06 bits per heavy atom. The van der Waals surface area contributed by atoms with Gasteiger partial charge >= 0.3 is 5.97 Å². The molecule has 1 unspecified atom stereocenters. The quantitative estimate of drug-likeness (QED) is 0.221. The van der Waals surface area contributed by atoms with Crippen LogP contribution in [0.5, 0.6) is 0 Å². The van der Waals surface area contributed by atoms with Crippen molar-refractivity contribution >= 4 is 48.1 Å². The highest BCUT2D eigenvalue weighted by Gasteiger charge is 2.29. The van der Waals surface area contributed by atoms with Crippen molar-refractivity contribution in [1.82, 2.24) is 10.6 Å². The molecule has 0 aromatic heterocycles. The monoisotopic (exact) mass is 477 g/mol. The van der Waals surface area contributed by atoms with Crippen LogP contribution in [0.1, 0.15) is 52.5 Å². The molecule has 3 amide bonds. The molecule has 0 aliphatic heterocycles. The fourth-order valence-corrected chi connectivity index (χ4v) is 3.24. The number of carboxylic acid groups (broad SMARTS) is 1. The molecule has 0 radical (unpaired) electrons. The van der Waals surface area contributed by atoms with E-state index in [1.807, 2.05) is 27.7 Å². The number of hydrogen-bond acceptors (Lipinski definition) is 5. The van der Waals surface area contributed by atoms with Gasteiger partial charge in [0.05, 0.1) is 0 Å². The maximum Gasteiger partial charge on any atom is 0.326 e. The number of hydrogen-bond donors (Lipinski definition) is 5. The lowest BCUT2D eigenvalue weighted by molar-refractivity contribution is -0.143. The van der Waals surface area contributed by atoms with Gasteiger partial charge in [-0.05, 0) is 47.8 Å². The summed E-state index contributed by atoms with van der Waals surface area (Å²) in [5.41, 5.74) is 1.39. The first-order valence-electron chi connectivity index (χ1n) is 11.1. The topological polar surface area (TPSA) is 125 Å². The predicted molar refractivity (Wildman–Crippen MR) is 133 cm³/mol. The SMILES string of the molecule is CCC(C)[C@H](NC(=O)/C=C/c1ccc(NC(=O)CCS)cc1)C(=O)N[C@@H](CC(C)C)C(=O)O. The third-order valence-electron chi connectivity index (χ3n) is 5.08. The van der Waals surface area contributed by atoms with E-state index in [4.69, 9.17) is 0 Å². The minimum Gasteiger partial charge on any atom is -0.480 e.